The van der Waals surface area contributed by atoms with Gasteiger partial charge in [0, 0.05) is 45.1 Å². The molecule has 6 heteroatoms. The van der Waals surface area contributed by atoms with E-state index in [4.69, 9.17) is 10.4 Å². The zero-order valence-electron chi connectivity index (χ0n) is 11.6. The van der Waals surface area contributed by atoms with Gasteiger partial charge in [0.05, 0.1) is 12.0 Å². The van der Waals surface area contributed by atoms with Gasteiger partial charge < -0.3 is 10.0 Å². The Hall–Kier alpha value is -1.61. The number of piperazine rings is 1. The van der Waals surface area contributed by atoms with Crippen molar-refractivity contribution in [3.05, 3.63) is 0 Å². The van der Waals surface area contributed by atoms with Gasteiger partial charge in [-0.3, -0.25) is 14.5 Å². The number of nitrogens with zero attached hydrogens (tertiary/aromatic N) is 3. The van der Waals surface area contributed by atoms with Crippen molar-refractivity contribution in [1.82, 2.24) is 9.80 Å². The lowest BCUT2D eigenvalue weighted by atomic mass is 10.0. The van der Waals surface area contributed by atoms with Crippen LogP contribution in [0.15, 0.2) is 0 Å². The molecule has 2 rings (SSSR count). The van der Waals surface area contributed by atoms with Crippen molar-refractivity contribution >= 4 is 11.9 Å². The number of hydrogen-bond acceptors (Lipinski definition) is 4. The molecule has 0 unspecified atom stereocenters. The van der Waals surface area contributed by atoms with Crippen LogP contribution in [0.2, 0.25) is 0 Å². The zero-order chi connectivity index (χ0) is 14.5. The van der Waals surface area contributed by atoms with Crippen molar-refractivity contribution in [1.29, 1.82) is 5.26 Å². The van der Waals surface area contributed by atoms with E-state index in [-0.39, 0.29) is 17.7 Å². The number of rotatable bonds is 4. The number of carbonyl (C=O) groups is 2. The van der Waals surface area contributed by atoms with Crippen molar-refractivity contribution in [3.8, 4) is 6.07 Å². The summed E-state index contributed by atoms with van der Waals surface area (Å²) in [5.41, 5.74) is 0. The number of hydrogen-bond donors (Lipinski definition) is 1. The Labute approximate surface area is 119 Å². The Morgan fingerprint density at radius 1 is 1.15 bits per heavy atom. The Balaban J connectivity index is 1.78. The van der Waals surface area contributed by atoms with Crippen LogP contribution in [0.3, 0.4) is 0 Å². The van der Waals surface area contributed by atoms with Crippen LogP contribution in [0.5, 0.6) is 0 Å². The molecule has 110 valence electrons. The minimum absolute atomic E-state index is 0.109. The molecule has 1 aliphatic carbocycles. The number of carbonyl (C=O) groups excluding carboxylic acids is 1. The third kappa shape index (κ3) is 3.48. The Morgan fingerprint density at radius 2 is 1.80 bits per heavy atom. The standard InChI is InChI=1S/C14H21N3O3/c15-4-1-5-16-6-8-17(9-7-16)13(18)11-2-3-12(10-11)14(19)20/h11-12H,1-3,5-10H2,(H,19,20)/t11-,12+/m1/s1. The van der Waals surface area contributed by atoms with Crippen LogP contribution in [0.25, 0.3) is 0 Å². The van der Waals surface area contributed by atoms with E-state index in [2.05, 4.69) is 11.0 Å². The second-order valence-electron chi connectivity index (χ2n) is 5.62. The van der Waals surface area contributed by atoms with Crippen LogP contribution in [-0.4, -0.2) is 59.5 Å². The van der Waals surface area contributed by atoms with E-state index in [1.165, 1.54) is 0 Å². The molecule has 1 amide bonds. The molecule has 2 aliphatic rings. The van der Waals surface area contributed by atoms with Gasteiger partial charge in [0.1, 0.15) is 0 Å². The summed E-state index contributed by atoms with van der Waals surface area (Å²) in [5.74, 6) is -1.11. The van der Waals surface area contributed by atoms with Gasteiger partial charge in [-0.05, 0) is 19.3 Å². The number of aliphatic carboxylic acids is 1. The Kier molecular flexibility index (Phi) is 4.96. The van der Waals surface area contributed by atoms with E-state index in [9.17, 15) is 9.59 Å². The SMILES string of the molecule is N#CCCN1CCN(C(=O)[C@@H]2CC[C@H](C(=O)O)C2)CC1. The van der Waals surface area contributed by atoms with Crippen LogP contribution in [-0.2, 0) is 9.59 Å². The van der Waals surface area contributed by atoms with Gasteiger partial charge in [-0.1, -0.05) is 0 Å². The topological polar surface area (TPSA) is 84.6 Å². The fourth-order valence-corrected chi connectivity index (χ4v) is 3.09. The summed E-state index contributed by atoms with van der Waals surface area (Å²) in [6.07, 6.45) is 2.33. The van der Waals surface area contributed by atoms with E-state index in [0.717, 1.165) is 19.6 Å². The number of nitriles is 1. The van der Waals surface area contributed by atoms with Crippen molar-refractivity contribution in [3.63, 3.8) is 0 Å². The maximum absolute atomic E-state index is 12.4. The summed E-state index contributed by atoms with van der Waals surface area (Å²) >= 11 is 0. The lowest BCUT2D eigenvalue weighted by molar-refractivity contribution is -0.142. The highest BCUT2D eigenvalue weighted by Crippen LogP contribution is 2.32. The molecule has 1 heterocycles. The molecule has 2 fully saturated rings. The van der Waals surface area contributed by atoms with Crippen LogP contribution in [0, 0.1) is 23.2 Å². The second kappa shape index (κ2) is 6.71. The molecule has 0 aromatic rings. The molecule has 1 aliphatic heterocycles. The molecule has 0 bridgehead atoms. The molecule has 0 aromatic carbocycles. The fourth-order valence-electron chi connectivity index (χ4n) is 3.09. The fraction of sp³-hybridized carbons (Fsp3) is 0.786. The maximum atomic E-state index is 12.4. The first-order valence-corrected chi connectivity index (χ1v) is 7.22. The predicted molar refractivity (Wildman–Crippen MR) is 71.7 cm³/mol. The molecule has 20 heavy (non-hydrogen) atoms. The molecule has 1 N–H and O–H groups in total. The van der Waals surface area contributed by atoms with Crippen molar-refractivity contribution in [2.24, 2.45) is 11.8 Å². The first kappa shape index (κ1) is 14.8. The highest BCUT2D eigenvalue weighted by atomic mass is 16.4. The summed E-state index contributed by atoms with van der Waals surface area (Å²) in [6, 6.07) is 2.13. The molecule has 0 aromatic heterocycles. The minimum atomic E-state index is -0.776. The summed E-state index contributed by atoms with van der Waals surface area (Å²) in [4.78, 5) is 27.3. The number of carboxylic acids is 1. The summed E-state index contributed by atoms with van der Waals surface area (Å²) in [7, 11) is 0. The normalized spacial score (nSPS) is 27.2. The highest BCUT2D eigenvalue weighted by molar-refractivity contribution is 5.81. The number of amides is 1. The molecular weight excluding hydrogens is 258 g/mol. The number of carboxylic acid groups (broad SMARTS) is 1. The minimum Gasteiger partial charge on any atom is -0.481 e. The van der Waals surface area contributed by atoms with Gasteiger partial charge in [-0.2, -0.15) is 5.26 Å². The Morgan fingerprint density at radius 3 is 2.35 bits per heavy atom. The predicted octanol–water partition coefficient (Wildman–Crippen LogP) is 0.545. The quantitative estimate of drug-likeness (QED) is 0.812. The van der Waals surface area contributed by atoms with E-state index < -0.39 is 5.97 Å². The average molecular weight is 279 g/mol. The summed E-state index contributed by atoms with van der Waals surface area (Å²) in [5, 5.41) is 17.5. The second-order valence-corrected chi connectivity index (χ2v) is 5.62. The smallest absolute Gasteiger partial charge is 0.306 e. The molecule has 0 radical (unpaired) electrons. The molecule has 2 atom stereocenters. The van der Waals surface area contributed by atoms with E-state index in [0.29, 0.717) is 38.8 Å². The maximum Gasteiger partial charge on any atom is 0.306 e. The third-order valence-electron chi connectivity index (χ3n) is 4.35. The summed E-state index contributed by atoms with van der Waals surface area (Å²) in [6.45, 7) is 3.77. The van der Waals surface area contributed by atoms with Gasteiger partial charge in [-0.25, -0.2) is 0 Å². The lowest BCUT2D eigenvalue weighted by Gasteiger charge is -2.35. The third-order valence-corrected chi connectivity index (χ3v) is 4.35. The highest BCUT2D eigenvalue weighted by Gasteiger charge is 2.36. The van der Waals surface area contributed by atoms with E-state index in [1.54, 1.807) is 0 Å². The van der Waals surface area contributed by atoms with Crippen LogP contribution < -0.4 is 0 Å². The van der Waals surface area contributed by atoms with Crippen LogP contribution >= 0.6 is 0 Å². The van der Waals surface area contributed by atoms with Crippen molar-refractivity contribution < 1.29 is 14.7 Å². The first-order valence-electron chi connectivity index (χ1n) is 7.22. The van der Waals surface area contributed by atoms with Gasteiger partial charge in [0.15, 0.2) is 0 Å². The molecule has 6 nitrogen and oxygen atoms in total. The molecule has 0 spiro atoms. The zero-order valence-corrected chi connectivity index (χ0v) is 11.6. The summed E-state index contributed by atoms with van der Waals surface area (Å²) < 4.78 is 0. The molecule has 1 saturated carbocycles. The van der Waals surface area contributed by atoms with E-state index >= 15 is 0 Å². The van der Waals surface area contributed by atoms with Gasteiger partial charge in [-0.15, -0.1) is 0 Å². The van der Waals surface area contributed by atoms with E-state index in [1.807, 2.05) is 4.90 Å². The largest absolute Gasteiger partial charge is 0.481 e. The van der Waals surface area contributed by atoms with Crippen molar-refractivity contribution in [2.75, 3.05) is 32.7 Å². The lowest BCUT2D eigenvalue weighted by Crippen LogP contribution is -2.50. The Bertz CT molecular complexity index is 410. The average Bonchev–Trinajstić information content (AvgIpc) is 2.95. The van der Waals surface area contributed by atoms with Crippen LogP contribution in [0.4, 0.5) is 0 Å². The van der Waals surface area contributed by atoms with Crippen molar-refractivity contribution in [2.45, 2.75) is 25.7 Å². The van der Waals surface area contributed by atoms with Gasteiger partial charge in [0.2, 0.25) is 5.91 Å². The van der Waals surface area contributed by atoms with Crippen LogP contribution in [0.1, 0.15) is 25.7 Å². The first-order chi connectivity index (χ1) is 9.61. The molecule has 1 saturated heterocycles. The van der Waals surface area contributed by atoms with Gasteiger partial charge >= 0.3 is 5.97 Å². The monoisotopic (exact) mass is 279 g/mol. The molecular formula is C14H21N3O3. The van der Waals surface area contributed by atoms with Gasteiger partial charge in [0.25, 0.3) is 0 Å².